The minimum Gasteiger partial charge on any atom is -0.496 e. The van der Waals surface area contributed by atoms with Crippen LogP contribution in [0.4, 0.5) is 0 Å². The zero-order chi connectivity index (χ0) is 23.6. The summed E-state index contributed by atoms with van der Waals surface area (Å²) in [7, 11) is 5.47. The molecule has 1 aromatic carbocycles. The molecule has 0 radical (unpaired) electrons. The molecule has 1 heterocycles. The fourth-order valence-corrected chi connectivity index (χ4v) is 4.30. The summed E-state index contributed by atoms with van der Waals surface area (Å²) in [4.78, 5) is 31.7. The van der Waals surface area contributed by atoms with Gasteiger partial charge in [0.2, 0.25) is 11.8 Å². The van der Waals surface area contributed by atoms with Gasteiger partial charge in [-0.1, -0.05) is 24.3 Å². The van der Waals surface area contributed by atoms with Gasteiger partial charge in [0.15, 0.2) is 0 Å². The Labute approximate surface area is 188 Å². The Hall–Kier alpha value is -2.72. The van der Waals surface area contributed by atoms with Gasteiger partial charge in [-0.25, -0.2) is 0 Å². The van der Waals surface area contributed by atoms with E-state index >= 15 is 0 Å². The highest BCUT2D eigenvalue weighted by Crippen LogP contribution is 2.37. The van der Waals surface area contributed by atoms with Crippen LogP contribution in [0.2, 0.25) is 0 Å². The smallest absolute Gasteiger partial charge is 0.248 e. The number of nitrogens with two attached hydrogens (primary N) is 2. The molecule has 1 unspecified atom stereocenters. The minimum absolute atomic E-state index is 0.0128. The van der Waals surface area contributed by atoms with Crippen molar-refractivity contribution in [2.45, 2.75) is 38.1 Å². The fourth-order valence-electron chi connectivity index (χ4n) is 4.30. The maximum Gasteiger partial charge on any atom is 0.248 e. The average molecular weight is 445 g/mol. The van der Waals surface area contributed by atoms with Crippen molar-refractivity contribution in [2.75, 3.05) is 27.8 Å². The lowest BCUT2D eigenvalue weighted by Gasteiger charge is -2.28. The van der Waals surface area contributed by atoms with Crippen LogP contribution in [0.1, 0.15) is 24.5 Å². The highest BCUT2D eigenvalue weighted by Gasteiger charge is 2.42. The Morgan fingerprint density at radius 3 is 2.62 bits per heavy atom. The second-order valence-corrected chi connectivity index (χ2v) is 8.51. The van der Waals surface area contributed by atoms with Gasteiger partial charge in [0.25, 0.3) is 0 Å². The number of hydrogen-bond acceptors (Lipinski definition) is 7. The number of methoxy groups -OCH3 is 1. The van der Waals surface area contributed by atoms with Crippen molar-refractivity contribution in [1.29, 1.82) is 0 Å². The second kappa shape index (κ2) is 9.83. The third kappa shape index (κ3) is 4.86. The Bertz CT molecular complexity index is 940. The average Bonchev–Trinajstić information content (AvgIpc) is 3.17. The summed E-state index contributed by atoms with van der Waals surface area (Å²) >= 11 is 0. The number of nitrogens with zero attached hydrogens (tertiary/aromatic N) is 2. The summed E-state index contributed by atoms with van der Waals surface area (Å²) in [5.41, 5.74) is 14.2. The lowest BCUT2D eigenvalue weighted by atomic mass is 9.88. The summed E-state index contributed by atoms with van der Waals surface area (Å²) in [5.74, 6) is -0.826. The van der Waals surface area contributed by atoms with E-state index in [-0.39, 0.29) is 19.2 Å². The number of carbonyl (C=O) groups excluding carboxylic acids is 2. The molecule has 3 rings (SSSR count). The lowest BCUT2D eigenvalue weighted by Crippen LogP contribution is -2.45. The van der Waals surface area contributed by atoms with Gasteiger partial charge in [-0.05, 0) is 39.1 Å². The molecule has 1 fully saturated rings. The lowest BCUT2D eigenvalue weighted by molar-refractivity contribution is -0.155. The molecule has 1 aromatic rings. The van der Waals surface area contributed by atoms with Gasteiger partial charge < -0.3 is 26.2 Å². The van der Waals surface area contributed by atoms with Crippen molar-refractivity contribution >= 4 is 17.4 Å². The molecule has 4 atom stereocenters. The van der Waals surface area contributed by atoms with E-state index in [2.05, 4.69) is 0 Å². The summed E-state index contributed by atoms with van der Waals surface area (Å²) < 4.78 is 5.76. The highest BCUT2D eigenvalue weighted by atomic mass is 16.7. The van der Waals surface area contributed by atoms with E-state index in [4.69, 9.17) is 21.0 Å². The van der Waals surface area contributed by atoms with Gasteiger partial charge in [0.05, 0.1) is 26.4 Å². The number of hydroxylamine groups is 2. The number of hydrogen-bond donors (Lipinski definition) is 3. The fraction of sp³-hybridized carbons (Fsp3) is 0.478. The molecule has 0 spiro atoms. The number of carbonyl (C=O) groups is 2. The Morgan fingerprint density at radius 2 is 2.06 bits per heavy atom. The zero-order valence-corrected chi connectivity index (χ0v) is 18.9. The molecule has 5 N–H and O–H groups in total. The summed E-state index contributed by atoms with van der Waals surface area (Å²) in [6.45, 7) is 2.07. The monoisotopic (exact) mass is 444 g/mol. The van der Waals surface area contributed by atoms with E-state index in [1.165, 1.54) is 5.06 Å². The highest BCUT2D eigenvalue weighted by molar-refractivity contribution is 5.98. The Morgan fingerprint density at radius 1 is 1.34 bits per heavy atom. The summed E-state index contributed by atoms with van der Waals surface area (Å²) in [6, 6.07) is 4.97. The molecule has 9 nitrogen and oxygen atoms in total. The second-order valence-electron chi connectivity index (χ2n) is 8.51. The number of amides is 2. The molecule has 0 aromatic heterocycles. The van der Waals surface area contributed by atoms with Crippen molar-refractivity contribution in [2.24, 2.45) is 17.4 Å². The number of para-hydroxylation sites is 1. The number of aliphatic hydroxyl groups is 1. The SMILES string of the molecule is COc1c(CN2OC[C@H]([C@H](C)O)[C@H]2C(N)=O)cccc1C1=CC(C(N)=O)=CC(N(C)C)C1. The normalized spacial score (nSPS) is 24.8. The van der Waals surface area contributed by atoms with Crippen LogP contribution in [-0.4, -0.2) is 72.9 Å². The van der Waals surface area contributed by atoms with Gasteiger partial charge >= 0.3 is 0 Å². The van der Waals surface area contributed by atoms with Crippen LogP contribution in [-0.2, 0) is 21.0 Å². The molecule has 0 saturated carbocycles. The summed E-state index contributed by atoms with van der Waals surface area (Å²) in [6.07, 6.45) is 3.61. The topological polar surface area (TPSA) is 131 Å². The van der Waals surface area contributed by atoms with Crippen molar-refractivity contribution < 1.29 is 24.3 Å². The number of ether oxygens (including phenoxy) is 1. The van der Waals surface area contributed by atoms with Crippen LogP contribution in [0.5, 0.6) is 5.75 Å². The molecular formula is C23H32N4O5. The molecule has 0 bridgehead atoms. The van der Waals surface area contributed by atoms with E-state index < -0.39 is 29.9 Å². The Kier molecular flexibility index (Phi) is 7.35. The molecule has 32 heavy (non-hydrogen) atoms. The van der Waals surface area contributed by atoms with Crippen molar-refractivity contribution in [3.05, 3.63) is 47.1 Å². The van der Waals surface area contributed by atoms with E-state index in [1.54, 1.807) is 20.1 Å². The van der Waals surface area contributed by atoms with Crippen molar-refractivity contribution in [1.82, 2.24) is 9.96 Å². The van der Waals surface area contributed by atoms with Crippen LogP contribution < -0.4 is 16.2 Å². The molecule has 1 aliphatic heterocycles. The van der Waals surface area contributed by atoms with E-state index in [1.807, 2.05) is 43.3 Å². The number of rotatable bonds is 8. The number of likely N-dealkylation sites (N-methyl/N-ethyl adjacent to an activating group) is 1. The van der Waals surface area contributed by atoms with E-state index in [9.17, 15) is 14.7 Å². The third-order valence-electron chi connectivity index (χ3n) is 6.11. The van der Waals surface area contributed by atoms with Gasteiger partial charge in [-0.3, -0.25) is 14.4 Å². The molecule has 2 amide bonds. The van der Waals surface area contributed by atoms with Crippen LogP contribution >= 0.6 is 0 Å². The maximum absolute atomic E-state index is 12.1. The number of primary amides is 2. The standard InChI is InChI=1S/C23H32N4O5/c1-13(28)19-12-32-27(20(19)23(25)30)11-14-6-5-7-18(21(14)31-4)15-8-16(22(24)29)10-17(9-15)26(2)3/h5-8,10,13,17,19-20,28H,9,11-12H2,1-4H3,(H2,24,29)(H2,25,30)/t13-,17?,19+,20-/m0/s1. The van der Waals surface area contributed by atoms with Gasteiger partial charge in [-0.15, -0.1) is 0 Å². The predicted molar refractivity (Wildman–Crippen MR) is 120 cm³/mol. The maximum atomic E-state index is 12.1. The van der Waals surface area contributed by atoms with Crippen LogP contribution in [0.15, 0.2) is 35.9 Å². The zero-order valence-electron chi connectivity index (χ0n) is 18.9. The third-order valence-corrected chi connectivity index (χ3v) is 6.11. The molecule has 9 heteroatoms. The minimum atomic E-state index is -0.750. The van der Waals surface area contributed by atoms with Gasteiger partial charge in [0, 0.05) is 28.7 Å². The van der Waals surface area contributed by atoms with Gasteiger partial charge in [-0.2, -0.15) is 5.06 Å². The molecular weight excluding hydrogens is 412 g/mol. The van der Waals surface area contributed by atoms with E-state index in [0.717, 1.165) is 16.7 Å². The number of aliphatic hydroxyl groups excluding tert-OH is 1. The Balaban J connectivity index is 1.96. The molecule has 1 aliphatic carbocycles. The van der Waals surface area contributed by atoms with E-state index in [0.29, 0.717) is 17.7 Å². The molecule has 2 aliphatic rings. The first-order valence-corrected chi connectivity index (χ1v) is 10.6. The van der Waals surface area contributed by atoms with Crippen LogP contribution in [0.3, 0.4) is 0 Å². The predicted octanol–water partition coefficient (Wildman–Crippen LogP) is 0.422. The van der Waals surface area contributed by atoms with Crippen molar-refractivity contribution in [3.8, 4) is 5.75 Å². The van der Waals surface area contributed by atoms with Crippen LogP contribution in [0.25, 0.3) is 5.57 Å². The van der Waals surface area contributed by atoms with Crippen molar-refractivity contribution in [3.63, 3.8) is 0 Å². The summed E-state index contributed by atoms with van der Waals surface area (Å²) in [5, 5.41) is 11.5. The molecule has 1 saturated heterocycles. The number of benzene rings is 1. The van der Waals surface area contributed by atoms with Crippen LogP contribution in [0, 0.1) is 5.92 Å². The quantitative estimate of drug-likeness (QED) is 0.530. The largest absolute Gasteiger partial charge is 0.496 e. The first-order valence-electron chi connectivity index (χ1n) is 10.6. The first-order chi connectivity index (χ1) is 15.1. The first kappa shape index (κ1) is 23.9. The van der Waals surface area contributed by atoms with Gasteiger partial charge in [0.1, 0.15) is 11.8 Å². The molecule has 174 valence electrons.